The van der Waals surface area contributed by atoms with E-state index < -0.39 is 7.14 Å². The lowest BCUT2D eigenvalue weighted by Gasteiger charge is -2.42. The summed E-state index contributed by atoms with van der Waals surface area (Å²) in [6, 6.07) is 8.90. The van der Waals surface area contributed by atoms with E-state index in [0.29, 0.717) is 0 Å². The number of benzene rings is 2. The summed E-state index contributed by atoms with van der Waals surface area (Å²) in [4.78, 5) is 0. The van der Waals surface area contributed by atoms with Crippen molar-refractivity contribution in [1.82, 2.24) is 0 Å². The standard InChI is InChI=1S/C33H27OP/c1-35(34,28-18-14-24-10-8-20-4-2-6-22-12-16-26(28)32(24)30(20)22)29-19-15-25-11-9-21-5-3-7-23-13-17-27(29)33(25)31(21)23/h2-5,8-16,19,28,32H,6-7,17-18H2,1H3/t28?,32?,35-/m1/s1. The largest absolute Gasteiger partial charge is 0.318 e. The molecule has 0 fully saturated rings. The average molecular weight is 471 g/mol. The van der Waals surface area contributed by atoms with E-state index >= 15 is 4.57 Å². The Morgan fingerprint density at radius 2 is 1.71 bits per heavy atom. The van der Waals surface area contributed by atoms with Crippen molar-refractivity contribution in [1.29, 1.82) is 0 Å². The molecule has 0 N–H and O–H groups in total. The molecular weight excluding hydrogens is 443 g/mol. The zero-order valence-electron chi connectivity index (χ0n) is 19.9. The van der Waals surface area contributed by atoms with E-state index in [1.807, 2.05) is 0 Å². The van der Waals surface area contributed by atoms with Crippen LogP contribution in [0.4, 0.5) is 0 Å². The van der Waals surface area contributed by atoms with Crippen molar-refractivity contribution < 1.29 is 4.57 Å². The van der Waals surface area contributed by atoms with Gasteiger partial charge in [-0.15, -0.1) is 0 Å². The van der Waals surface area contributed by atoms with E-state index in [2.05, 4.69) is 91.7 Å². The second-order valence-corrected chi connectivity index (χ2v) is 13.9. The summed E-state index contributed by atoms with van der Waals surface area (Å²) in [5.74, 6) is 0.271. The molecule has 8 rings (SSSR count). The maximum atomic E-state index is 15.0. The highest BCUT2D eigenvalue weighted by Crippen LogP contribution is 2.59. The van der Waals surface area contributed by atoms with Gasteiger partial charge in [0.25, 0.3) is 0 Å². The average Bonchev–Trinajstić information content (AvgIpc) is 2.90. The molecule has 0 bridgehead atoms. The van der Waals surface area contributed by atoms with Gasteiger partial charge in [-0.1, -0.05) is 85.0 Å². The first-order valence-corrected chi connectivity index (χ1v) is 15.1. The van der Waals surface area contributed by atoms with Gasteiger partial charge in [0, 0.05) is 16.9 Å². The minimum Gasteiger partial charge on any atom is -0.318 e. The van der Waals surface area contributed by atoms with E-state index in [0.717, 1.165) is 31.0 Å². The summed E-state index contributed by atoms with van der Waals surface area (Å²) in [5.41, 5.74) is 12.4. The predicted octanol–water partition coefficient (Wildman–Crippen LogP) is 7.82. The Kier molecular flexibility index (Phi) is 3.99. The second kappa shape index (κ2) is 6.96. The quantitative estimate of drug-likeness (QED) is 0.409. The van der Waals surface area contributed by atoms with Crippen molar-refractivity contribution in [2.45, 2.75) is 31.3 Å². The van der Waals surface area contributed by atoms with Crippen LogP contribution in [0.25, 0.3) is 22.4 Å². The molecule has 6 aliphatic carbocycles. The van der Waals surface area contributed by atoms with Crippen molar-refractivity contribution in [3.63, 3.8) is 0 Å². The summed E-state index contributed by atoms with van der Waals surface area (Å²) in [7, 11) is -2.70. The Bertz CT molecular complexity index is 1680. The molecule has 1 nitrogen and oxygen atoms in total. The number of rotatable bonds is 2. The van der Waals surface area contributed by atoms with Crippen LogP contribution in [0.3, 0.4) is 0 Å². The van der Waals surface area contributed by atoms with Gasteiger partial charge in [0.2, 0.25) is 0 Å². The summed E-state index contributed by atoms with van der Waals surface area (Å²) in [6.45, 7) is 2.07. The van der Waals surface area contributed by atoms with Crippen LogP contribution in [0.5, 0.6) is 0 Å². The van der Waals surface area contributed by atoms with Gasteiger partial charge in [-0.2, -0.15) is 0 Å². The third-order valence-corrected chi connectivity index (χ3v) is 12.1. The van der Waals surface area contributed by atoms with E-state index in [1.165, 1.54) is 60.9 Å². The maximum Gasteiger partial charge on any atom is 0.120 e. The van der Waals surface area contributed by atoms with Crippen molar-refractivity contribution >= 4 is 34.9 Å². The lowest BCUT2D eigenvalue weighted by molar-refractivity contribution is 0.572. The van der Waals surface area contributed by atoms with Crippen molar-refractivity contribution in [3.8, 4) is 0 Å². The van der Waals surface area contributed by atoms with Crippen molar-refractivity contribution in [2.24, 2.45) is 5.92 Å². The smallest absolute Gasteiger partial charge is 0.120 e. The molecule has 2 aromatic carbocycles. The Morgan fingerprint density at radius 1 is 0.857 bits per heavy atom. The Labute approximate surface area is 206 Å². The molecule has 0 heterocycles. The molecule has 2 aromatic rings. The Hall–Kier alpha value is -3.15. The van der Waals surface area contributed by atoms with E-state index in [-0.39, 0.29) is 11.6 Å². The highest BCUT2D eigenvalue weighted by Gasteiger charge is 2.44. The van der Waals surface area contributed by atoms with Crippen molar-refractivity contribution in [2.75, 3.05) is 6.66 Å². The number of hydrogen-bond donors (Lipinski definition) is 0. The lowest BCUT2D eigenvalue weighted by atomic mass is 9.67. The van der Waals surface area contributed by atoms with Gasteiger partial charge in [-0.3, -0.25) is 0 Å². The summed E-state index contributed by atoms with van der Waals surface area (Å²) < 4.78 is 15.0. The molecule has 0 aromatic heterocycles. The van der Waals surface area contributed by atoms with Gasteiger partial charge < -0.3 is 4.57 Å². The molecule has 35 heavy (non-hydrogen) atoms. The van der Waals surface area contributed by atoms with Crippen LogP contribution in [0.1, 0.15) is 36.0 Å². The normalized spacial score (nSPS) is 26.5. The topological polar surface area (TPSA) is 17.1 Å². The molecule has 0 amide bonds. The first kappa shape index (κ1) is 20.1. The summed E-state index contributed by atoms with van der Waals surface area (Å²) in [5, 5.41) is 3.73. The molecule has 3 atom stereocenters. The SMILES string of the molecule is C[P@](=O)(c1ccc2ccc3c4c2c1CC=C4CC=C3)C1CC=C2C=CC3=C4C(=CC=C1C24)CC=C3. The van der Waals surface area contributed by atoms with Crippen LogP contribution in [-0.2, 0) is 11.0 Å². The first-order chi connectivity index (χ1) is 17.1. The third-order valence-electron chi connectivity index (χ3n) is 9.02. The van der Waals surface area contributed by atoms with Gasteiger partial charge >= 0.3 is 0 Å². The van der Waals surface area contributed by atoms with Crippen molar-refractivity contribution in [3.05, 3.63) is 124 Å². The molecule has 170 valence electrons. The number of allylic oxidation sites excluding steroid dienone is 15. The molecule has 2 heteroatoms. The van der Waals surface area contributed by atoms with E-state index in [9.17, 15) is 0 Å². The highest BCUT2D eigenvalue weighted by molar-refractivity contribution is 7.72. The fourth-order valence-electron chi connectivity index (χ4n) is 7.41. The molecule has 0 radical (unpaired) electrons. The van der Waals surface area contributed by atoms with Gasteiger partial charge in [-0.05, 0) is 93.2 Å². The molecule has 0 spiro atoms. The minimum atomic E-state index is -2.70. The van der Waals surface area contributed by atoms with Crippen LogP contribution in [0.15, 0.2) is 107 Å². The maximum absolute atomic E-state index is 15.0. The minimum absolute atomic E-state index is 0.0544. The van der Waals surface area contributed by atoms with E-state index in [1.54, 1.807) is 0 Å². The van der Waals surface area contributed by atoms with Gasteiger partial charge in [-0.25, -0.2) is 0 Å². The van der Waals surface area contributed by atoms with Gasteiger partial charge in [0.15, 0.2) is 0 Å². The van der Waals surface area contributed by atoms with Gasteiger partial charge in [0.05, 0.1) is 0 Å². The monoisotopic (exact) mass is 470 g/mol. The Morgan fingerprint density at radius 3 is 2.66 bits per heavy atom. The van der Waals surface area contributed by atoms with E-state index in [4.69, 9.17) is 0 Å². The summed E-state index contributed by atoms with van der Waals surface area (Å²) in [6.07, 6.45) is 26.7. The predicted molar refractivity (Wildman–Crippen MR) is 149 cm³/mol. The molecular formula is C33H27OP. The first-order valence-electron chi connectivity index (χ1n) is 12.8. The number of hydrogen-bond acceptors (Lipinski definition) is 1. The van der Waals surface area contributed by atoms with Crippen LogP contribution in [0, 0.1) is 5.92 Å². The van der Waals surface area contributed by atoms with Crippen LogP contribution < -0.4 is 5.30 Å². The molecule has 2 unspecified atom stereocenters. The lowest BCUT2D eigenvalue weighted by Crippen LogP contribution is -2.32. The fourth-order valence-corrected chi connectivity index (χ4v) is 10.2. The second-order valence-electron chi connectivity index (χ2n) is 10.8. The fraction of sp³-hybridized carbons (Fsp3) is 0.212. The zero-order chi connectivity index (χ0) is 23.3. The molecule has 0 saturated heterocycles. The molecule has 0 aliphatic heterocycles. The van der Waals surface area contributed by atoms with Crippen LogP contribution in [0.2, 0.25) is 0 Å². The van der Waals surface area contributed by atoms with Crippen LogP contribution in [-0.4, -0.2) is 12.3 Å². The Balaban J connectivity index is 1.32. The van der Waals surface area contributed by atoms with Crippen LogP contribution >= 0.6 is 7.14 Å². The highest BCUT2D eigenvalue weighted by atomic mass is 31.2. The zero-order valence-corrected chi connectivity index (χ0v) is 20.8. The molecule has 0 saturated carbocycles. The van der Waals surface area contributed by atoms with Gasteiger partial charge in [0.1, 0.15) is 7.14 Å². The molecule has 6 aliphatic rings. The summed E-state index contributed by atoms with van der Waals surface area (Å²) >= 11 is 0. The third kappa shape index (κ3) is 2.63.